The topological polar surface area (TPSA) is 63.2 Å². The Morgan fingerprint density at radius 1 is 0.643 bits per heavy atom. The zero-order valence-electron chi connectivity index (χ0n) is 27.2. The standard InChI is InChI=1S/C35H53O6P/c1-23(2)26-21-29(24(3)4)33(30(22-26)25(5)6)34-31(37-7)19-20-32(38-8)35(34)41-42(36,39-27-15-11-9-12-16-27)40-28-17-13-10-14-18-28/h19-25,27-28H,9-18H2,1-8H3. The minimum atomic E-state index is -4.03. The van der Waals surface area contributed by atoms with E-state index in [9.17, 15) is 4.57 Å². The minimum absolute atomic E-state index is 0.156. The van der Waals surface area contributed by atoms with E-state index in [1.54, 1.807) is 14.2 Å². The average molecular weight is 601 g/mol. The smallest absolute Gasteiger partial charge is 0.496 e. The van der Waals surface area contributed by atoms with E-state index in [1.165, 1.54) is 29.5 Å². The molecular formula is C35H53O6P. The van der Waals surface area contributed by atoms with Crippen LogP contribution in [0, 0.1) is 0 Å². The number of phosphoric acid groups is 1. The maximum Gasteiger partial charge on any atom is 0.530 e. The summed E-state index contributed by atoms with van der Waals surface area (Å²) in [5.41, 5.74) is 5.45. The molecule has 0 spiro atoms. The molecule has 0 aliphatic heterocycles. The molecule has 2 aromatic rings. The average Bonchev–Trinajstić information content (AvgIpc) is 2.97. The van der Waals surface area contributed by atoms with Gasteiger partial charge in [0.1, 0.15) is 5.75 Å². The molecule has 0 atom stereocenters. The zero-order chi connectivity index (χ0) is 30.4. The Labute approximate surface area is 254 Å². The van der Waals surface area contributed by atoms with Gasteiger partial charge in [-0.05, 0) is 77.8 Å². The Morgan fingerprint density at radius 3 is 1.50 bits per heavy atom. The van der Waals surface area contributed by atoms with E-state index >= 15 is 0 Å². The van der Waals surface area contributed by atoms with Crippen molar-refractivity contribution in [3.05, 3.63) is 41.0 Å². The van der Waals surface area contributed by atoms with Crippen LogP contribution in [0.15, 0.2) is 24.3 Å². The van der Waals surface area contributed by atoms with Gasteiger partial charge in [-0.1, -0.05) is 92.2 Å². The highest BCUT2D eigenvalue weighted by molar-refractivity contribution is 7.49. The van der Waals surface area contributed by atoms with Crippen molar-refractivity contribution < 1.29 is 27.6 Å². The van der Waals surface area contributed by atoms with Crippen LogP contribution in [0.3, 0.4) is 0 Å². The predicted octanol–water partition coefficient (Wildman–Crippen LogP) is 10.9. The van der Waals surface area contributed by atoms with Gasteiger partial charge in [0.15, 0.2) is 11.5 Å². The maximum absolute atomic E-state index is 14.8. The molecule has 2 aromatic carbocycles. The Morgan fingerprint density at radius 2 is 1.10 bits per heavy atom. The van der Waals surface area contributed by atoms with E-state index in [2.05, 4.69) is 53.7 Å². The summed E-state index contributed by atoms with van der Waals surface area (Å²) in [6.07, 6.45) is 9.68. The van der Waals surface area contributed by atoms with Crippen LogP contribution in [0.4, 0.5) is 0 Å². The highest BCUT2D eigenvalue weighted by Gasteiger charge is 2.39. The summed E-state index contributed by atoms with van der Waals surface area (Å²) >= 11 is 0. The lowest BCUT2D eigenvalue weighted by molar-refractivity contribution is 0.0510. The van der Waals surface area contributed by atoms with Crippen molar-refractivity contribution in [1.29, 1.82) is 0 Å². The molecule has 0 radical (unpaired) electrons. The van der Waals surface area contributed by atoms with Crippen LogP contribution in [0.1, 0.15) is 140 Å². The number of ether oxygens (including phenoxy) is 2. The Bertz CT molecular complexity index is 1170. The first-order chi connectivity index (χ1) is 20.1. The number of benzene rings is 2. The first-order valence-electron chi connectivity index (χ1n) is 16.2. The van der Waals surface area contributed by atoms with Crippen LogP contribution >= 0.6 is 7.82 Å². The van der Waals surface area contributed by atoms with Gasteiger partial charge in [0, 0.05) is 0 Å². The second-order valence-electron chi connectivity index (χ2n) is 13.0. The van der Waals surface area contributed by atoms with Crippen LogP contribution in [0.2, 0.25) is 0 Å². The molecule has 234 valence electrons. The highest BCUT2D eigenvalue weighted by Crippen LogP contribution is 2.59. The summed E-state index contributed by atoms with van der Waals surface area (Å²) in [6.45, 7) is 13.3. The third kappa shape index (κ3) is 7.73. The summed E-state index contributed by atoms with van der Waals surface area (Å²) in [7, 11) is -0.756. The molecule has 0 amide bonds. The van der Waals surface area contributed by atoms with Gasteiger partial charge in [-0.3, -0.25) is 9.05 Å². The molecule has 0 unspecified atom stereocenters. The van der Waals surface area contributed by atoms with E-state index in [-0.39, 0.29) is 24.0 Å². The molecule has 42 heavy (non-hydrogen) atoms. The monoisotopic (exact) mass is 600 g/mol. The number of phosphoric ester groups is 1. The first kappa shape index (κ1) is 32.9. The van der Waals surface area contributed by atoms with Gasteiger partial charge in [-0.2, -0.15) is 0 Å². The summed E-state index contributed by atoms with van der Waals surface area (Å²) in [4.78, 5) is 0. The number of rotatable bonds is 12. The lowest BCUT2D eigenvalue weighted by atomic mass is 9.81. The molecule has 0 bridgehead atoms. The molecule has 0 saturated heterocycles. The van der Waals surface area contributed by atoms with Crippen LogP contribution in [0.25, 0.3) is 11.1 Å². The Hall–Kier alpha value is -2.01. The molecular weight excluding hydrogens is 547 g/mol. The summed E-state index contributed by atoms with van der Waals surface area (Å²) in [5.74, 6) is 2.29. The van der Waals surface area contributed by atoms with E-state index in [0.717, 1.165) is 62.5 Å². The van der Waals surface area contributed by atoms with Gasteiger partial charge in [-0.15, -0.1) is 0 Å². The van der Waals surface area contributed by atoms with Crippen molar-refractivity contribution in [1.82, 2.24) is 0 Å². The van der Waals surface area contributed by atoms with Gasteiger partial charge >= 0.3 is 7.82 Å². The van der Waals surface area contributed by atoms with Crippen molar-refractivity contribution in [3.8, 4) is 28.4 Å². The molecule has 0 aromatic heterocycles. The number of hydrogen-bond acceptors (Lipinski definition) is 6. The first-order valence-corrected chi connectivity index (χ1v) is 17.6. The SMILES string of the molecule is COc1ccc(OC)c(-c2c(C(C)C)cc(C(C)C)cc2C(C)C)c1OP(=O)(OC1CCCCC1)OC1CCCCC1. The number of methoxy groups -OCH3 is 2. The normalized spacial score (nSPS) is 17.3. The van der Waals surface area contributed by atoms with Gasteiger partial charge in [0.25, 0.3) is 0 Å². The van der Waals surface area contributed by atoms with Crippen LogP contribution < -0.4 is 14.0 Å². The molecule has 2 aliphatic rings. The summed E-state index contributed by atoms with van der Waals surface area (Å²) < 4.78 is 46.0. The molecule has 6 nitrogen and oxygen atoms in total. The molecule has 7 heteroatoms. The van der Waals surface area contributed by atoms with Crippen LogP contribution in [0.5, 0.6) is 17.2 Å². The van der Waals surface area contributed by atoms with E-state index < -0.39 is 7.82 Å². The third-order valence-corrected chi connectivity index (χ3v) is 10.3. The van der Waals surface area contributed by atoms with Crippen LogP contribution in [-0.2, 0) is 13.6 Å². The van der Waals surface area contributed by atoms with E-state index in [1.807, 2.05) is 12.1 Å². The van der Waals surface area contributed by atoms with Gasteiger partial charge < -0.3 is 14.0 Å². The lowest BCUT2D eigenvalue weighted by Gasteiger charge is -2.32. The molecule has 4 rings (SSSR count). The highest BCUT2D eigenvalue weighted by atomic mass is 31.2. The fraction of sp³-hybridized carbons (Fsp3) is 0.657. The zero-order valence-corrected chi connectivity index (χ0v) is 28.1. The summed E-state index contributed by atoms with van der Waals surface area (Å²) in [5, 5.41) is 0. The molecule has 0 heterocycles. The molecule has 0 N–H and O–H groups in total. The van der Waals surface area contributed by atoms with Crippen molar-refractivity contribution in [2.75, 3.05) is 14.2 Å². The second-order valence-corrected chi connectivity index (χ2v) is 14.5. The largest absolute Gasteiger partial charge is 0.530 e. The fourth-order valence-electron chi connectivity index (χ4n) is 6.33. The second kappa shape index (κ2) is 14.6. The van der Waals surface area contributed by atoms with E-state index in [0.29, 0.717) is 23.2 Å². The van der Waals surface area contributed by atoms with Crippen molar-refractivity contribution in [2.45, 2.75) is 136 Å². The molecule has 2 aliphatic carbocycles. The van der Waals surface area contributed by atoms with Gasteiger partial charge in [0.2, 0.25) is 0 Å². The quantitative estimate of drug-likeness (QED) is 0.226. The van der Waals surface area contributed by atoms with Crippen molar-refractivity contribution in [3.63, 3.8) is 0 Å². The number of hydrogen-bond donors (Lipinski definition) is 0. The minimum Gasteiger partial charge on any atom is -0.496 e. The Balaban J connectivity index is 1.93. The third-order valence-electron chi connectivity index (χ3n) is 8.77. The lowest BCUT2D eigenvalue weighted by Crippen LogP contribution is -2.22. The van der Waals surface area contributed by atoms with Crippen molar-refractivity contribution >= 4 is 7.82 Å². The van der Waals surface area contributed by atoms with Crippen LogP contribution in [-0.4, -0.2) is 26.4 Å². The van der Waals surface area contributed by atoms with E-state index in [4.69, 9.17) is 23.0 Å². The molecule has 2 fully saturated rings. The predicted molar refractivity (Wildman–Crippen MR) is 171 cm³/mol. The Kier molecular flexibility index (Phi) is 11.5. The van der Waals surface area contributed by atoms with Gasteiger partial charge in [-0.25, -0.2) is 4.57 Å². The molecule has 2 saturated carbocycles. The maximum atomic E-state index is 14.8. The van der Waals surface area contributed by atoms with Crippen molar-refractivity contribution in [2.24, 2.45) is 0 Å². The van der Waals surface area contributed by atoms with Gasteiger partial charge in [0.05, 0.1) is 32.0 Å². The summed E-state index contributed by atoms with van der Waals surface area (Å²) in [6, 6.07) is 8.32. The fourth-order valence-corrected chi connectivity index (χ4v) is 8.03.